The molecule has 0 aromatic heterocycles. The summed E-state index contributed by atoms with van der Waals surface area (Å²) >= 11 is 0. The lowest BCUT2D eigenvalue weighted by Crippen LogP contribution is -2.54. The number of carbonyl (C=O) groups is 2. The topological polar surface area (TPSA) is 88.1 Å². The molecule has 1 saturated heterocycles. The number of carboxylic acid groups (broad SMARTS) is 1. The highest BCUT2D eigenvalue weighted by molar-refractivity contribution is 5.77. The van der Waals surface area contributed by atoms with Crippen molar-refractivity contribution >= 4 is 12.0 Å². The van der Waals surface area contributed by atoms with Crippen molar-refractivity contribution in [3.8, 4) is 0 Å². The van der Waals surface area contributed by atoms with Crippen LogP contribution in [0.1, 0.15) is 13.3 Å². The molecular formula is C11H20N2O5. The number of hydrogen-bond acceptors (Lipinski definition) is 4. The summed E-state index contributed by atoms with van der Waals surface area (Å²) in [4.78, 5) is 24.2. The third-order valence-electron chi connectivity index (χ3n) is 2.82. The van der Waals surface area contributed by atoms with Gasteiger partial charge in [0.15, 0.2) is 6.10 Å². The zero-order chi connectivity index (χ0) is 13.5. The molecule has 0 spiro atoms. The average Bonchev–Trinajstić information content (AvgIpc) is 2.38. The number of rotatable bonds is 5. The smallest absolute Gasteiger partial charge is 0.334 e. The van der Waals surface area contributed by atoms with Crippen LogP contribution in [0.5, 0.6) is 0 Å². The Bertz CT molecular complexity index is 297. The SMILES string of the molecule is CCC(COC)NC(=O)N1CCOC(C(=O)O)C1. The van der Waals surface area contributed by atoms with E-state index >= 15 is 0 Å². The maximum absolute atomic E-state index is 11.9. The second-order valence-electron chi connectivity index (χ2n) is 4.15. The molecule has 7 nitrogen and oxygen atoms in total. The normalized spacial score (nSPS) is 21.4. The molecule has 1 aliphatic heterocycles. The molecule has 0 aromatic rings. The summed E-state index contributed by atoms with van der Waals surface area (Å²) < 4.78 is 10.0. The molecule has 0 bridgehead atoms. The Morgan fingerprint density at radius 2 is 2.33 bits per heavy atom. The summed E-state index contributed by atoms with van der Waals surface area (Å²) in [5.74, 6) is -1.04. The van der Waals surface area contributed by atoms with Gasteiger partial charge in [-0.15, -0.1) is 0 Å². The van der Waals surface area contributed by atoms with E-state index in [4.69, 9.17) is 14.6 Å². The van der Waals surface area contributed by atoms with E-state index in [1.54, 1.807) is 7.11 Å². The first-order chi connectivity index (χ1) is 8.58. The minimum absolute atomic E-state index is 0.0615. The first-order valence-electron chi connectivity index (χ1n) is 5.97. The number of carboxylic acids is 1. The summed E-state index contributed by atoms with van der Waals surface area (Å²) in [5, 5.41) is 11.7. The van der Waals surface area contributed by atoms with E-state index in [9.17, 15) is 9.59 Å². The van der Waals surface area contributed by atoms with Gasteiger partial charge in [-0.3, -0.25) is 0 Å². The molecule has 7 heteroatoms. The van der Waals surface area contributed by atoms with Gasteiger partial charge in [-0.25, -0.2) is 9.59 Å². The van der Waals surface area contributed by atoms with E-state index in [0.29, 0.717) is 13.2 Å². The fourth-order valence-corrected chi connectivity index (χ4v) is 1.71. The summed E-state index contributed by atoms with van der Waals surface area (Å²) in [6, 6.07) is -0.331. The number of amides is 2. The van der Waals surface area contributed by atoms with E-state index in [1.807, 2.05) is 6.92 Å². The number of ether oxygens (including phenoxy) is 2. The van der Waals surface area contributed by atoms with Crippen molar-refractivity contribution in [1.29, 1.82) is 0 Å². The summed E-state index contributed by atoms with van der Waals surface area (Å²) in [6.45, 7) is 3.10. The molecule has 0 aliphatic carbocycles. The molecular weight excluding hydrogens is 240 g/mol. The number of urea groups is 1. The maximum Gasteiger partial charge on any atom is 0.334 e. The Morgan fingerprint density at radius 3 is 2.89 bits per heavy atom. The fraction of sp³-hybridized carbons (Fsp3) is 0.818. The Kier molecular flexibility index (Phi) is 5.87. The van der Waals surface area contributed by atoms with Crippen LogP contribution >= 0.6 is 0 Å². The van der Waals surface area contributed by atoms with Crippen LogP contribution in [-0.2, 0) is 14.3 Å². The number of methoxy groups -OCH3 is 1. The molecule has 0 aromatic carbocycles. The second-order valence-corrected chi connectivity index (χ2v) is 4.15. The zero-order valence-corrected chi connectivity index (χ0v) is 10.7. The highest BCUT2D eigenvalue weighted by atomic mass is 16.5. The highest BCUT2D eigenvalue weighted by Gasteiger charge is 2.29. The van der Waals surface area contributed by atoms with Crippen molar-refractivity contribution in [2.45, 2.75) is 25.5 Å². The molecule has 18 heavy (non-hydrogen) atoms. The van der Waals surface area contributed by atoms with Crippen LogP contribution < -0.4 is 5.32 Å². The van der Waals surface area contributed by atoms with Crippen LogP contribution in [0.15, 0.2) is 0 Å². The predicted octanol–water partition coefficient (Wildman–Crippen LogP) is -0.0936. The van der Waals surface area contributed by atoms with Crippen molar-refractivity contribution in [2.75, 3.05) is 33.4 Å². The van der Waals surface area contributed by atoms with E-state index in [1.165, 1.54) is 4.90 Å². The molecule has 0 radical (unpaired) electrons. The Balaban J connectivity index is 2.47. The first-order valence-corrected chi connectivity index (χ1v) is 5.97. The van der Waals surface area contributed by atoms with Crippen LogP contribution in [0.25, 0.3) is 0 Å². The van der Waals surface area contributed by atoms with Gasteiger partial charge in [0, 0.05) is 13.7 Å². The Hall–Kier alpha value is -1.34. The van der Waals surface area contributed by atoms with Crippen LogP contribution in [0, 0.1) is 0 Å². The van der Waals surface area contributed by atoms with E-state index in [0.717, 1.165) is 6.42 Å². The van der Waals surface area contributed by atoms with Crippen molar-refractivity contribution in [2.24, 2.45) is 0 Å². The quantitative estimate of drug-likeness (QED) is 0.721. The number of carbonyl (C=O) groups excluding carboxylic acids is 1. The van der Waals surface area contributed by atoms with Crippen LogP contribution in [-0.4, -0.2) is 67.6 Å². The lowest BCUT2D eigenvalue weighted by atomic mass is 10.2. The van der Waals surface area contributed by atoms with Gasteiger partial charge in [0.2, 0.25) is 0 Å². The maximum atomic E-state index is 11.9. The third-order valence-corrected chi connectivity index (χ3v) is 2.82. The summed E-state index contributed by atoms with van der Waals surface area (Å²) in [7, 11) is 1.57. The minimum Gasteiger partial charge on any atom is -0.479 e. The van der Waals surface area contributed by atoms with Crippen molar-refractivity contribution in [1.82, 2.24) is 10.2 Å². The minimum atomic E-state index is -1.04. The molecule has 1 fully saturated rings. The molecule has 2 amide bonds. The molecule has 2 unspecified atom stereocenters. The van der Waals surface area contributed by atoms with Gasteiger partial charge in [-0.2, -0.15) is 0 Å². The molecule has 1 rings (SSSR count). The number of nitrogens with one attached hydrogen (secondary N) is 1. The van der Waals surface area contributed by atoms with Crippen molar-refractivity contribution < 1.29 is 24.2 Å². The van der Waals surface area contributed by atoms with Gasteiger partial charge in [0.25, 0.3) is 0 Å². The van der Waals surface area contributed by atoms with Crippen LogP contribution in [0.3, 0.4) is 0 Å². The molecule has 2 N–H and O–H groups in total. The standard InChI is InChI=1S/C11H20N2O5/c1-3-8(7-17-2)12-11(16)13-4-5-18-9(6-13)10(14)15/h8-9H,3-7H2,1-2H3,(H,12,16)(H,14,15). The first kappa shape index (κ1) is 14.7. The number of aliphatic carboxylic acids is 1. The third kappa shape index (κ3) is 4.15. The number of hydrogen-bond donors (Lipinski definition) is 2. The summed E-state index contributed by atoms with van der Waals surface area (Å²) in [6.07, 6.45) is -0.182. The molecule has 2 atom stereocenters. The van der Waals surface area contributed by atoms with Gasteiger partial charge < -0.3 is 24.8 Å². The number of nitrogens with zero attached hydrogens (tertiary/aromatic N) is 1. The van der Waals surface area contributed by atoms with E-state index in [2.05, 4.69) is 5.32 Å². The Labute approximate surface area is 106 Å². The largest absolute Gasteiger partial charge is 0.479 e. The van der Waals surface area contributed by atoms with Gasteiger partial charge in [0.1, 0.15) is 0 Å². The molecule has 0 saturated carbocycles. The van der Waals surface area contributed by atoms with Gasteiger partial charge >= 0.3 is 12.0 Å². The van der Waals surface area contributed by atoms with Gasteiger partial charge in [-0.05, 0) is 6.42 Å². The zero-order valence-electron chi connectivity index (χ0n) is 10.7. The lowest BCUT2D eigenvalue weighted by molar-refractivity contribution is -0.154. The lowest BCUT2D eigenvalue weighted by Gasteiger charge is -2.32. The molecule has 1 heterocycles. The van der Waals surface area contributed by atoms with Crippen LogP contribution in [0.4, 0.5) is 4.79 Å². The van der Waals surface area contributed by atoms with Crippen LogP contribution in [0.2, 0.25) is 0 Å². The second kappa shape index (κ2) is 7.17. The van der Waals surface area contributed by atoms with E-state index in [-0.39, 0.29) is 25.2 Å². The highest BCUT2D eigenvalue weighted by Crippen LogP contribution is 2.06. The van der Waals surface area contributed by atoms with Crippen molar-refractivity contribution in [3.05, 3.63) is 0 Å². The van der Waals surface area contributed by atoms with Gasteiger partial charge in [-0.1, -0.05) is 6.92 Å². The monoisotopic (exact) mass is 260 g/mol. The average molecular weight is 260 g/mol. The molecule has 1 aliphatic rings. The van der Waals surface area contributed by atoms with Crippen molar-refractivity contribution in [3.63, 3.8) is 0 Å². The van der Waals surface area contributed by atoms with Gasteiger partial charge in [0.05, 0.1) is 25.8 Å². The predicted molar refractivity (Wildman–Crippen MR) is 63.4 cm³/mol. The fourth-order valence-electron chi connectivity index (χ4n) is 1.71. The summed E-state index contributed by atoms with van der Waals surface area (Å²) in [5.41, 5.74) is 0. The Morgan fingerprint density at radius 1 is 1.61 bits per heavy atom. The number of morpholine rings is 1. The van der Waals surface area contributed by atoms with E-state index < -0.39 is 12.1 Å². The molecule has 104 valence electrons.